The number of hydrogen-bond donors (Lipinski definition) is 0. The average molecular weight is 434 g/mol. The lowest BCUT2D eigenvalue weighted by Gasteiger charge is -2.37. The summed E-state index contributed by atoms with van der Waals surface area (Å²) < 4.78 is 5.81. The molecular weight excluding hydrogens is 406 g/mol. The summed E-state index contributed by atoms with van der Waals surface area (Å²) in [5.41, 5.74) is 2.26. The van der Waals surface area contributed by atoms with Crippen molar-refractivity contribution < 1.29 is 9.53 Å². The van der Waals surface area contributed by atoms with Gasteiger partial charge in [-0.2, -0.15) is 0 Å². The molecule has 0 bridgehead atoms. The first-order chi connectivity index (χ1) is 13.8. The number of benzene rings is 1. The molecule has 1 saturated heterocycles. The number of carbonyl (C=O) groups is 1. The zero-order chi connectivity index (χ0) is 20.6. The number of rotatable bonds is 3. The normalized spacial score (nSPS) is 20.3. The van der Waals surface area contributed by atoms with Crippen LogP contribution in [-0.4, -0.2) is 53.5 Å². The molecule has 1 aromatic heterocycles. The standard InChI is InChI=1S/C22H28ClN3O2S/c1-22(2,3)21-24-18(14-29-21)12-25-6-8-26(9-7-25)20(27)16-10-15-11-17(23)4-5-19(15)28-13-16/h4-5,11,14,16H,6-10,12-13H2,1-3H3. The zero-order valence-corrected chi connectivity index (χ0v) is 18.9. The summed E-state index contributed by atoms with van der Waals surface area (Å²) in [6.45, 7) is 11.2. The van der Waals surface area contributed by atoms with E-state index < -0.39 is 0 Å². The van der Waals surface area contributed by atoms with E-state index in [1.54, 1.807) is 11.3 Å². The van der Waals surface area contributed by atoms with Crippen molar-refractivity contribution >= 4 is 28.8 Å². The molecule has 5 nitrogen and oxygen atoms in total. The molecular formula is C22H28ClN3O2S. The molecule has 7 heteroatoms. The molecule has 1 unspecified atom stereocenters. The van der Waals surface area contributed by atoms with Crippen LogP contribution in [0.25, 0.3) is 0 Å². The number of hydrogen-bond acceptors (Lipinski definition) is 5. The van der Waals surface area contributed by atoms with E-state index in [4.69, 9.17) is 21.3 Å². The summed E-state index contributed by atoms with van der Waals surface area (Å²) in [6, 6.07) is 5.63. The van der Waals surface area contributed by atoms with Crippen LogP contribution in [0.1, 0.15) is 37.0 Å². The van der Waals surface area contributed by atoms with Gasteiger partial charge >= 0.3 is 0 Å². The molecule has 2 aliphatic heterocycles. The second-order valence-corrected chi connectivity index (χ2v) is 10.3. The van der Waals surface area contributed by atoms with Crippen LogP contribution >= 0.6 is 22.9 Å². The second kappa shape index (κ2) is 8.25. The van der Waals surface area contributed by atoms with Crippen LogP contribution in [0.2, 0.25) is 5.02 Å². The number of carbonyl (C=O) groups excluding carboxylic acids is 1. The van der Waals surface area contributed by atoms with Gasteiger partial charge in [0, 0.05) is 48.5 Å². The van der Waals surface area contributed by atoms with Gasteiger partial charge in [0.1, 0.15) is 12.4 Å². The molecule has 1 aromatic carbocycles. The van der Waals surface area contributed by atoms with Crippen LogP contribution in [0.15, 0.2) is 23.6 Å². The molecule has 0 N–H and O–H groups in total. The molecule has 0 radical (unpaired) electrons. The van der Waals surface area contributed by atoms with E-state index in [0.717, 1.165) is 49.7 Å². The Morgan fingerprint density at radius 3 is 2.72 bits per heavy atom. The Kier molecular flexibility index (Phi) is 5.87. The van der Waals surface area contributed by atoms with Gasteiger partial charge in [0.15, 0.2) is 0 Å². The Morgan fingerprint density at radius 2 is 2.03 bits per heavy atom. The molecule has 2 aromatic rings. The van der Waals surface area contributed by atoms with Gasteiger partial charge in [-0.1, -0.05) is 32.4 Å². The second-order valence-electron chi connectivity index (χ2n) is 8.96. The van der Waals surface area contributed by atoms with Gasteiger partial charge in [0.2, 0.25) is 5.91 Å². The third-order valence-corrected chi connectivity index (χ3v) is 7.09. The molecule has 29 heavy (non-hydrogen) atoms. The minimum absolute atomic E-state index is 0.0962. The Balaban J connectivity index is 1.30. The Bertz CT molecular complexity index is 884. The molecule has 2 aliphatic rings. The number of halogens is 1. The minimum Gasteiger partial charge on any atom is -0.492 e. The van der Waals surface area contributed by atoms with Crippen LogP contribution in [0, 0.1) is 5.92 Å². The van der Waals surface area contributed by atoms with Gasteiger partial charge in [0.05, 0.1) is 16.6 Å². The van der Waals surface area contributed by atoms with Crippen molar-refractivity contribution in [1.82, 2.24) is 14.8 Å². The largest absolute Gasteiger partial charge is 0.492 e. The van der Waals surface area contributed by atoms with Crippen LogP contribution in [-0.2, 0) is 23.2 Å². The number of ether oxygens (including phenoxy) is 1. The fourth-order valence-electron chi connectivity index (χ4n) is 3.86. The van der Waals surface area contributed by atoms with Crippen LogP contribution in [0.3, 0.4) is 0 Å². The molecule has 0 spiro atoms. The van der Waals surface area contributed by atoms with E-state index in [9.17, 15) is 4.79 Å². The van der Waals surface area contributed by atoms with Gasteiger partial charge in [0.25, 0.3) is 0 Å². The topological polar surface area (TPSA) is 45.7 Å². The molecule has 1 amide bonds. The maximum absolute atomic E-state index is 13.0. The van der Waals surface area contributed by atoms with Crippen molar-refractivity contribution in [3.8, 4) is 5.75 Å². The average Bonchev–Trinajstić information content (AvgIpc) is 3.16. The van der Waals surface area contributed by atoms with Crippen molar-refractivity contribution in [1.29, 1.82) is 0 Å². The Hall–Kier alpha value is -1.63. The molecule has 3 heterocycles. The summed E-state index contributed by atoms with van der Waals surface area (Å²) in [4.78, 5) is 22.2. The lowest BCUT2D eigenvalue weighted by Crippen LogP contribution is -2.51. The Morgan fingerprint density at radius 1 is 1.28 bits per heavy atom. The molecule has 0 saturated carbocycles. The highest BCUT2D eigenvalue weighted by molar-refractivity contribution is 7.09. The number of piperazine rings is 1. The zero-order valence-electron chi connectivity index (χ0n) is 17.3. The van der Waals surface area contributed by atoms with Crippen molar-refractivity contribution in [2.24, 2.45) is 5.92 Å². The fraction of sp³-hybridized carbons (Fsp3) is 0.545. The smallest absolute Gasteiger partial charge is 0.229 e. The number of aromatic nitrogens is 1. The van der Waals surface area contributed by atoms with E-state index in [1.807, 2.05) is 23.1 Å². The van der Waals surface area contributed by atoms with Gasteiger partial charge in [-0.3, -0.25) is 9.69 Å². The third kappa shape index (κ3) is 4.76. The fourth-order valence-corrected chi connectivity index (χ4v) is 4.95. The lowest BCUT2D eigenvalue weighted by molar-refractivity contribution is -0.138. The monoisotopic (exact) mass is 433 g/mol. The van der Waals surface area contributed by atoms with Crippen LogP contribution in [0.4, 0.5) is 0 Å². The van der Waals surface area contributed by atoms with Crippen molar-refractivity contribution in [3.05, 3.63) is 44.9 Å². The lowest BCUT2D eigenvalue weighted by atomic mass is 9.95. The number of nitrogens with zero attached hydrogens (tertiary/aromatic N) is 3. The highest BCUT2D eigenvalue weighted by Crippen LogP contribution is 2.31. The summed E-state index contributed by atoms with van der Waals surface area (Å²) in [7, 11) is 0. The van der Waals surface area contributed by atoms with Crippen LogP contribution < -0.4 is 4.74 Å². The summed E-state index contributed by atoms with van der Waals surface area (Å²) >= 11 is 7.84. The number of fused-ring (bicyclic) bond motifs is 1. The van der Waals surface area contributed by atoms with E-state index in [1.165, 1.54) is 5.01 Å². The number of amides is 1. The summed E-state index contributed by atoms with van der Waals surface area (Å²) in [5, 5.41) is 4.03. The maximum Gasteiger partial charge on any atom is 0.229 e. The number of thiazole rings is 1. The first-order valence-corrected chi connectivity index (χ1v) is 11.4. The highest BCUT2D eigenvalue weighted by Gasteiger charge is 2.31. The third-order valence-electron chi connectivity index (χ3n) is 5.54. The van der Waals surface area contributed by atoms with E-state index in [0.29, 0.717) is 18.1 Å². The van der Waals surface area contributed by atoms with Crippen molar-refractivity contribution in [3.63, 3.8) is 0 Å². The van der Waals surface area contributed by atoms with Gasteiger partial charge in [-0.25, -0.2) is 4.98 Å². The quantitative estimate of drug-likeness (QED) is 0.734. The van der Waals surface area contributed by atoms with E-state index in [-0.39, 0.29) is 17.2 Å². The Labute approximate surface area is 181 Å². The minimum atomic E-state index is -0.125. The molecule has 4 rings (SSSR count). The first-order valence-electron chi connectivity index (χ1n) is 10.2. The van der Waals surface area contributed by atoms with E-state index in [2.05, 4.69) is 31.1 Å². The van der Waals surface area contributed by atoms with Crippen molar-refractivity contribution in [2.45, 2.75) is 39.2 Å². The van der Waals surface area contributed by atoms with Crippen LogP contribution in [0.5, 0.6) is 5.75 Å². The maximum atomic E-state index is 13.0. The molecule has 1 atom stereocenters. The SMILES string of the molecule is CC(C)(C)c1nc(CN2CCN(C(=O)C3COc4ccc(Cl)cc4C3)CC2)cs1. The summed E-state index contributed by atoms with van der Waals surface area (Å²) in [5.74, 6) is 0.917. The predicted molar refractivity (Wildman–Crippen MR) is 117 cm³/mol. The van der Waals surface area contributed by atoms with E-state index >= 15 is 0 Å². The summed E-state index contributed by atoms with van der Waals surface area (Å²) in [6.07, 6.45) is 0.698. The molecule has 0 aliphatic carbocycles. The van der Waals surface area contributed by atoms with Gasteiger partial charge in [-0.05, 0) is 30.2 Å². The highest BCUT2D eigenvalue weighted by atomic mass is 35.5. The molecule has 156 valence electrons. The first kappa shape index (κ1) is 20.6. The predicted octanol–water partition coefficient (Wildman–Crippen LogP) is 3.99. The van der Waals surface area contributed by atoms with Gasteiger partial charge in [-0.15, -0.1) is 11.3 Å². The van der Waals surface area contributed by atoms with Crippen molar-refractivity contribution in [2.75, 3.05) is 32.8 Å². The van der Waals surface area contributed by atoms with Gasteiger partial charge < -0.3 is 9.64 Å². The molecule has 1 fully saturated rings.